The molecule has 0 amide bonds. The minimum Gasteiger partial charge on any atom is -0.314 e. The van der Waals surface area contributed by atoms with Gasteiger partial charge in [0.15, 0.2) is 0 Å². The SMILES string of the molecule is C=CCCC(Cc1cccc(F)c1)NCCC. The molecule has 0 aromatic heterocycles. The first-order valence-electron chi connectivity index (χ1n) is 6.35. The minimum absolute atomic E-state index is 0.152. The van der Waals surface area contributed by atoms with Crippen molar-refractivity contribution in [1.29, 1.82) is 0 Å². The summed E-state index contributed by atoms with van der Waals surface area (Å²) in [5.41, 5.74) is 1.06. The average molecular weight is 235 g/mol. The summed E-state index contributed by atoms with van der Waals surface area (Å²) < 4.78 is 13.1. The Hall–Kier alpha value is -1.15. The van der Waals surface area contributed by atoms with Gasteiger partial charge in [0, 0.05) is 6.04 Å². The standard InChI is InChI=1S/C15H22FN/c1-3-5-9-15(17-10-4-2)12-13-7-6-8-14(16)11-13/h3,6-8,11,15,17H,1,4-5,9-10,12H2,2H3. The molecule has 0 bridgehead atoms. The molecule has 1 aromatic rings. The van der Waals surface area contributed by atoms with Crippen LogP contribution in [0.5, 0.6) is 0 Å². The first-order valence-corrected chi connectivity index (χ1v) is 6.35. The average Bonchev–Trinajstić information content (AvgIpc) is 2.32. The Morgan fingerprint density at radius 1 is 1.47 bits per heavy atom. The maximum absolute atomic E-state index is 13.1. The largest absolute Gasteiger partial charge is 0.314 e. The molecule has 1 N–H and O–H groups in total. The summed E-state index contributed by atoms with van der Waals surface area (Å²) in [4.78, 5) is 0. The molecule has 0 spiro atoms. The van der Waals surface area contributed by atoms with E-state index in [1.165, 1.54) is 6.07 Å². The fourth-order valence-corrected chi connectivity index (χ4v) is 1.89. The molecule has 17 heavy (non-hydrogen) atoms. The van der Waals surface area contributed by atoms with E-state index in [1.807, 2.05) is 12.1 Å². The zero-order valence-corrected chi connectivity index (χ0v) is 10.6. The molecule has 94 valence electrons. The molecule has 0 heterocycles. The van der Waals surface area contributed by atoms with Crippen molar-refractivity contribution in [3.63, 3.8) is 0 Å². The lowest BCUT2D eigenvalue weighted by atomic mass is 10.0. The molecule has 0 aliphatic heterocycles. The van der Waals surface area contributed by atoms with Crippen LogP contribution < -0.4 is 5.32 Å². The Bertz CT molecular complexity index is 335. The molecule has 0 aliphatic carbocycles. The molecule has 0 fully saturated rings. The van der Waals surface area contributed by atoms with Crippen molar-refractivity contribution in [2.45, 2.75) is 38.6 Å². The molecule has 0 saturated heterocycles. The third-order valence-corrected chi connectivity index (χ3v) is 2.77. The van der Waals surface area contributed by atoms with Gasteiger partial charge in [-0.1, -0.05) is 25.1 Å². The van der Waals surface area contributed by atoms with Crippen LogP contribution in [-0.2, 0) is 6.42 Å². The highest BCUT2D eigenvalue weighted by Crippen LogP contribution is 2.10. The van der Waals surface area contributed by atoms with Gasteiger partial charge in [-0.25, -0.2) is 4.39 Å². The van der Waals surface area contributed by atoms with Crippen molar-refractivity contribution in [2.75, 3.05) is 6.54 Å². The van der Waals surface area contributed by atoms with E-state index in [0.717, 1.165) is 37.8 Å². The van der Waals surface area contributed by atoms with E-state index in [2.05, 4.69) is 18.8 Å². The molecule has 1 atom stereocenters. The van der Waals surface area contributed by atoms with Crippen molar-refractivity contribution < 1.29 is 4.39 Å². The molecule has 1 nitrogen and oxygen atoms in total. The van der Waals surface area contributed by atoms with Crippen LogP contribution >= 0.6 is 0 Å². The normalized spacial score (nSPS) is 12.4. The van der Waals surface area contributed by atoms with Crippen LogP contribution in [-0.4, -0.2) is 12.6 Å². The number of benzene rings is 1. The summed E-state index contributed by atoms with van der Waals surface area (Å²) in [5, 5.41) is 3.50. The van der Waals surface area contributed by atoms with Gasteiger partial charge in [-0.3, -0.25) is 0 Å². The topological polar surface area (TPSA) is 12.0 Å². The van der Waals surface area contributed by atoms with E-state index < -0.39 is 0 Å². The number of hydrogen-bond donors (Lipinski definition) is 1. The summed E-state index contributed by atoms with van der Waals surface area (Å²) >= 11 is 0. The lowest BCUT2D eigenvalue weighted by Gasteiger charge is -2.18. The number of rotatable bonds is 8. The van der Waals surface area contributed by atoms with Crippen molar-refractivity contribution in [3.05, 3.63) is 48.3 Å². The molecule has 0 radical (unpaired) electrons. The van der Waals surface area contributed by atoms with Gasteiger partial charge in [0.25, 0.3) is 0 Å². The van der Waals surface area contributed by atoms with E-state index in [4.69, 9.17) is 0 Å². The third-order valence-electron chi connectivity index (χ3n) is 2.77. The quantitative estimate of drug-likeness (QED) is 0.677. The summed E-state index contributed by atoms with van der Waals surface area (Å²) in [6.45, 7) is 6.91. The number of hydrogen-bond acceptors (Lipinski definition) is 1. The van der Waals surface area contributed by atoms with Crippen molar-refractivity contribution in [1.82, 2.24) is 5.32 Å². The maximum Gasteiger partial charge on any atom is 0.123 e. The first kappa shape index (κ1) is 13.9. The summed E-state index contributed by atoms with van der Waals surface area (Å²) in [7, 11) is 0. The molecule has 0 aliphatic rings. The molecule has 1 rings (SSSR count). The Morgan fingerprint density at radius 2 is 2.29 bits per heavy atom. The monoisotopic (exact) mass is 235 g/mol. The van der Waals surface area contributed by atoms with Crippen LogP contribution in [0.3, 0.4) is 0 Å². The molecule has 1 unspecified atom stereocenters. The molecule has 0 saturated carbocycles. The van der Waals surface area contributed by atoms with Gasteiger partial charge in [0.05, 0.1) is 0 Å². The van der Waals surface area contributed by atoms with E-state index in [1.54, 1.807) is 12.1 Å². The third kappa shape index (κ3) is 5.64. The fourth-order valence-electron chi connectivity index (χ4n) is 1.89. The highest BCUT2D eigenvalue weighted by molar-refractivity contribution is 5.17. The fraction of sp³-hybridized carbons (Fsp3) is 0.467. The van der Waals surface area contributed by atoms with Gasteiger partial charge in [-0.15, -0.1) is 6.58 Å². The number of nitrogens with one attached hydrogen (secondary N) is 1. The van der Waals surface area contributed by atoms with Crippen LogP contribution in [0.15, 0.2) is 36.9 Å². The number of allylic oxidation sites excluding steroid dienone is 1. The summed E-state index contributed by atoms with van der Waals surface area (Å²) in [5.74, 6) is -0.152. The smallest absolute Gasteiger partial charge is 0.123 e. The molecular formula is C15H22FN. The Labute approximate surface area is 104 Å². The minimum atomic E-state index is -0.152. The van der Waals surface area contributed by atoms with Crippen molar-refractivity contribution in [2.24, 2.45) is 0 Å². The zero-order chi connectivity index (χ0) is 12.5. The van der Waals surface area contributed by atoms with Gasteiger partial charge in [0.1, 0.15) is 5.82 Å². The van der Waals surface area contributed by atoms with E-state index in [0.29, 0.717) is 6.04 Å². The zero-order valence-electron chi connectivity index (χ0n) is 10.6. The van der Waals surface area contributed by atoms with Gasteiger partial charge in [0.2, 0.25) is 0 Å². The van der Waals surface area contributed by atoms with Crippen LogP contribution in [0.2, 0.25) is 0 Å². The van der Waals surface area contributed by atoms with Gasteiger partial charge in [-0.05, 0) is 49.9 Å². The molecule has 2 heteroatoms. The highest BCUT2D eigenvalue weighted by atomic mass is 19.1. The summed E-state index contributed by atoms with van der Waals surface area (Å²) in [6, 6.07) is 7.28. The Balaban J connectivity index is 2.54. The van der Waals surface area contributed by atoms with Gasteiger partial charge < -0.3 is 5.32 Å². The van der Waals surface area contributed by atoms with Crippen LogP contribution in [0.4, 0.5) is 4.39 Å². The maximum atomic E-state index is 13.1. The Morgan fingerprint density at radius 3 is 2.94 bits per heavy atom. The summed E-state index contributed by atoms with van der Waals surface area (Å²) in [6.07, 6.45) is 5.99. The lowest BCUT2D eigenvalue weighted by molar-refractivity contribution is 0.480. The Kier molecular flexibility index (Phi) is 6.56. The second-order valence-electron chi connectivity index (χ2n) is 4.35. The van der Waals surface area contributed by atoms with E-state index in [-0.39, 0.29) is 5.82 Å². The second kappa shape index (κ2) is 8.02. The molecule has 1 aromatic carbocycles. The van der Waals surface area contributed by atoms with Gasteiger partial charge >= 0.3 is 0 Å². The highest BCUT2D eigenvalue weighted by Gasteiger charge is 2.08. The predicted octanol–water partition coefficient (Wildman–Crippen LogP) is 3.70. The second-order valence-corrected chi connectivity index (χ2v) is 4.35. The van der Waals surface area contributed by atoms with Crippen molar-refractivity contribution >= 4 is 0 Å². The lowest BCUT2D eigenvalue weighted by Crippen LogP contribution is -2.31. The van der Waals surface area contributed by atoms with Crippen LogP contribution in [0, 0.1) is 5.82 Å². The predicted molar refractivity (Wildman–Crippen MR) is 71.6 cm³/mol. The first-order chi connectivity index (χ1) is 8.26. The molecular weight excluding hydrogens is 213 g/mol. The van der Waals surface area contributed by atoms with E-state index in [9.17, 15) is 4.39 Å². The number of halogens is 1. The van der Waals surface area contributed by atoms with Gasteiger partial charge in [-0.2, -0.15) is 0 Å². The van der Waals surface area contributed by atoms with E-state index >= 15 is 0 Å². The van der Waals surface area contributed by atoms with Crippen LogP contribution in [0.25, 0.3) is 0 Å². The van der Waals surface area contributed by atoms with Crippen molar-refractivity contribution in [3.8, 4) is 0 Å². The van der Waals surface area contributed by atoms with Crippen LogP contribution in [0.1, 0.15) is 31.7 Å².